The Morgan fingerprint density at radius 2 is 2.00 bits per heavy atom. The van der Waals surface area contributed by atoms with E-state index in [9.17, 15) is 4.79 Å². The molecule has 4 aliphatic carbocycles. The van der Waals surface area contributed by atoms with Crippen molar-refractivity contribution in [2.45, 2.75) is 58.3 Å². The van der Waals surface area contributed by atoms with Crippen molar-refractivity contribution in [1.29, 1.82) is 0 Å². The zero-order chi connectivity index (χ0) is 13.0. The van der Waals surface area contributed by atoms with Crippen LogP contribution in [0.3, 0.4) is 0 Å². The van der Waals surface area contributed by atoms with Crippen molar-refractivity contribution in [3.05, 3.63) is 12.2 Å². The summed E-state index contributed by atoms with van der Waals surface area (Å²) < 4.78 is 0. The van der Waals surface area contributed by atoms with E-state index in [4.69, 9.17) is 0 Å². The minimum absolute atomic E-state index is 0.376. The van der Waals surface area contributed by atoms with Crippen LogP contribution in [-0.4, -0.2) is 5.78 Å². The van der Waals surface area contributed by atoms with E-state index in [1.807, 2.05) is 6.08 Å². The summed E-state index contributed by atoms with van der Waals surface area (Å²) in [6, 6.07) is 0. The fraction of sp³-hybridized carbons (Fsp3) is 0.833. The molecule has 0 heterocycles. The van der Waals surface area contributed by atoms with Crippen LogP contribution in [0.15, 0.2) is 12.2 Å². The van der Waals surface area contributed by atoms with Gasteiger partial charge in [-0.2, -0.15) is 0 Å². The summed E-state index contributed by atoms with van der Waals surface area (Å²) in [4.78, 5) is 11.6. The Morgan fingerprint density at radius 3 is 2.89 bits per heavy atom. The van der Waals surface area contributed by atoms with Crippen molar-refractivity contribution < 1.29 is 4.79 Å². The molecule has 6 atom stereocenters. The fourth-order valence-electron chi connectivity index (χ4n) is 6.23. The molecule has 0 saturated heterocycles. The van der Waals surface area contributed by atoms with E-state index in [1.54, 1.807) is 0 Å². The van der Waals surface area contributed by atoms with Crippen molar-refractivity contribution in [1.82, 2.24) is 0 Å². The Hall–Kier alpha value is -0.590. The molecule has 0 aromatic heterocycles. The molecule has 4 aliphatic rings. The zero-order valence-electron chi connectivity index (χ0n) is 12.1. The van der Waals surface area contributed by atoms with Gasteiger partial charge in [0.2, 0.25) is 0 Å². The first-order valence-electron chi connectivity index (χ1n) is 8.38. The molecule has 0 aromatic carbocycles. The monoisotopic (exact) mass is 258 g/mol. The van der Waals surface area contributed by atoms with Gasteiger partial charge >= 0.3 is 0 Å². The van der Waals surface area contributed by atoms with Gasteiger partial charge in [-0.1, -0.05) is 19.4 Å². The van der Waals surface area contributed by atoms with E-state index in [0.29, 0.717) is 17.1 Å². The van der Waals surface area contributed by atoms with E-state index < -0.39 is 0 Å². The lowest BCUT2D eigenvalue weighted by Gasteiger charge is -2.53. The van der Waals surface area contributed by atoms with Gasteiger partial charge in [-0.3, -0.25) is 4.79 Å². The van der Waals surface area contributed by atoms with E-state index >= 15 is 0 Å². The van der Waals surface area contributed by atoms with Crippen LogP contribution in [0.1, 0.15) is 58.3 Å². The lowest BCUT2D eigenvalue weighted by Crippen LogP contribution is -2.46. The van der Waals surface area contributed by atoms with Crippen molar-refractivity contribution in [3.8, 4) is 0 Å². The molecular weight excluding hydrogens is 232 g/mol. The predicted octanol–water partition coefficient (Wildman–Crippen LogP) is 4.37. The standard InChI is InChI=1S/C18H26O/c1-18-9-2-3-17(18)16-6-4-12-11-13(19)5-7-14(12)15(16)8-10-18/h5,7,12,14-17H,2-4,6,8-11H2,1H3/t12-,14-,15+,16+,17-,18-/m0/s1. The molecule has 104 valence electrons. The van der Waals surface area contributed by atoms with Gasteiger partial charge in [0.25, 0.3) is 0 Å². The highest BCUT2D eigenvalue weighted by molar-refractivity contribution is 5.90. The van der Waals surface area contributed by atoms with Crippen molar-refractivity contribution in [2.75, 3.05) is 0 Å². The minimum Gasteiger partial charge on any atom is -0.295 e. The quantitative estimate of drug-likeness (QED) is 0.630. The van der Waals surface area contributed by atoms with Crippen molar-refractivity contribution in [2.24, 2.45) is 35.0 Å². The normalized spacial score (nSPS) is 52.5. The van der Waals surface area contributed by atoms with Crippen LogP contribution in [0.25, 0.3) is 0 Å². The van der Waals surface area contributed by atoms with E-state index in [0.717, 1.165) is 30.1 Å². The summed E-state index contributed by atoms with van der Waals surface area (Å²) >= 11 is 0. The molecular formula is C18H26O. The highest BCUT2D eigenvalue weighted by atomic mass is 16.1. The minimum atomic E-state index is 0.376. The molecule has 0 radical (unpaired) electrons. The summed E-state index contributed by atoms with van der Waals surface area (Å²) in [6.45, 7) is 2.56. The summed E-state index contributed by atoms with van der Waals surface area (Å²) in [5.74, 6) is 4.67. The van der Waals surface area contributed by atoms with Gasteiger partial charge in [0, 0.05) is 6.42 Å². The van der Waals surface area contributed by atoms with Crippen LogP contribution in [-0.2, 0) is 4.79 Å². The van der Waals surface area contributed by atoms with Crippen molar-refractivity contribution in [3.63, 3.8) is 0 Å². The van der Waals surface area contributed by atoms with Gasteiger partial charge in [0.15, 0.2) is 5.78 Å². The van der Waals surface area contributed by atoms with Gasteiger partial charge < -0.3 is 0 Å². The second-order valence-electron chi connectivity index (χ2n) is 7.96. The second-order valence-corrected chi connectivity index (χ2v) is 7.96. The van der Waals surface area contributed by atoms with E-state index in [1.165, 1.54) is 44.9 Å². The van der Waals surface area contributed by atoms with E-state index in [2.05, 4.69) is 13.0 Å². The maximum Gasteiger partial charge on any atom is 0.155 e. The molecule has 19 heavy (non-hydrogen) atoms. The highest BCUT2D eigenvalue weighted by Crippen LogP contribution is 2.61. The summed E-state index contributed by atoms with van der Waals surface area (Å²) in [5, 5.41) is 0. The number of allylic oxidation sites excluding steroid dienone is 2. The largest absolute Gasteiger partial charge is 0.295 e. The molecule has 0 bridgehead atoms. The number of rotatable bonds is 0. The molecule has 1 heteroatoms. The number of ketones is 1. The molecule has 0 amide bonds. The van der Waals surface area contributed by atoms with Gasteiger partial charge in [-0.05, 0) is 79.6 Å². The van der Waals surface area contributed by atoms with Crippen molar-refractivity contribution >= 4 is 5.78 Å². The smallest absolute Gasteiger partial charge is 0.155 e. The van der Waals surface area contributed by atoms with E-state index in [-0.39, 0.29) is 0 Å². The third kappa shape index (κ3) is 1.76. The van der Waals surface area contributed by atoms with Gasteiger partial charge in [-0.25, -0.2) is 0 Å². The Bertz CT molecular complexity index is 423. The van der Waals surface area contributed by atoms with Crippen LogP contribution >= 0.6 is 0 Å². The van der Waals surface area contributed by atoms with Crippen LogP contribution < -0.4 is 0 Å². The first-order valence-corrected chi connectivity index (χ1v) is 8.38. The SMILES string of the molecule is C[C@@]12CCC[C@H]1[C@@H]1CC[C@H]3CC(=O)C=C[C@@H]3[C@H]1CC2. The Balaban J connectivity index is 1.62. The first-order chi connectivity index (χ1) is 9.17. The summed E-state index contributed by atoms with van der Waals surface area (Å²) in [5.41, 5.74) is 0.669. The molecule has 3 saturated carbocycles. The summed E-state index contributed by atoms with van der Waals surface area (Å²) in [6.07, 6.45) is 15.1. The number of carbonyl (C=O) groups is 1. The second kappa shape index (κ2) is 4.20. The molecule has 3 fully saturated rings. The third-order valence-corrected chi connectivity index (χ3v) is 7.15. The average Bonchev–Trinajstić information content (AvgIpc) is 2.79. The Labute approximate surface area is 116 Å². The van der Waals surface area contributed by atoms with Crippen LogP contribution in [0.5, 0.6) is 0 Å². The average molecular weight is 258 g/mol. The van der Waals surface area contributed by atoms with Crippen LogP contribution in [0, 0.1) is 35.0 Å². The molecule has 0 N–H and O–H groups in total. The lowest BCUT2D eigenvalue weighted by atomic mass is 9.51. The highest BCUT2D eigenvalue weighted by Gasteiger charge is 2.52. The topological polar surface area (TPSA) is 17.1 Å². The van der Waals surface area contributed by atoms with Gasteiger partial charge in [0.05, 0.1) is 0 Å². The molecule has 1 nitrogen and oxygen atoms in total. The van der Waals surface area contributed by atoms with Crippen LogP contribution in [0.2, 0.25) is 0 Å². The number of hydrogen-bond donors (Lipinski definition) is 0. The number of fused-ring (bicyclic) bond motifs is 5. The maximum absolute atomic E-state index is 11.6. The molecule has 0 aromatic rings. The molecule has 4 rings (SSSR count). The Morgan fingerprint density at radius 1 is 1.11 bits per heavy atom. The maximum atomic E-state index is 11.6. The lowest BCUT2D eigenvalue weighted by molar-refractivity contribution is -0.118. The molecule has 0 unspecified atom stereocenters. The van der Waals surface area contributed by atoms with Gasteiger partial charge in [-0.15, -0.1) is 0 Å². The third-order valence-electron chi connectivity index (χ3n) is 7.15. The van der Waals surface area contributed by atoms with Gasteiger partial charge in [0.1, 0.15) is 0 Å². The zero-order valence-corrected chi connectivity index (χ0v) is 12.1. The number of carbonyl (C=O) groups excluding carboxylic acids is 1. The first kappa shape index (κ1) is 12.2. The fourth-order valence-corrected chi connectivity index (χ4v) is 6.23. The van der Waals surface area contributed by atoms with Crippen LogP contribution in [0.4, 0.5) is 0 Å². The molecule has 0 spiro atoms. The Kier molecular flexibility index (Phi) is 2.69. The summed E-state index contributed by atoms with van der Waals surface area (Å²) in [7, 11) is 0. The number of hydrogen-bond acceptors (Lipinski definition) is 1. The predicted molar refractivity (Wildman–Crippen MR) is 76.6 cm³/mol. The molecule has 0 aliphatic heterocycles.